The summed E-state index contributed by atoms with van der Waals surface area (Å²) in [7, 11) is 0. The zero-order chi connectivity index (χ0) is 29.7. The number of benzene rings is 3. The first kappa shape index (κ1) is 27.7. The van der Waals surface area contributed by atoms with E-state index >= 15 is 0 Å². The van der Waals surface area contributed by atoms with Crippen LogP contribution >= 0.6 is 0 Å². The van der Waals surface area contributed by atoms with Crippen LogP contribution in [-0.4, -0.2) is 45.5 Å². The average molecular weight is 576 g/mol. The van der Waals surface area contributed by atoms with Crippen molar-refractivity contribution in [2.75, 3.05) is 0 Å². The van der Waals surface area contributed by atoms with Gasteiger partial charge in [-0.25, -0.2) is 13.2 Å². The Morgan fingerprint density at radius 2 is 1.50 bits per heavy atom. The van der Waals surface area contributed by atoms with Crippen LogP contribution in [0.4, 0.5) is 13.2 Å². The van der Waals surface area contributed by atoms with Gasteiger partial charge in [-0.05, 0) is 85.9 Å². The molecule has 0 saturated carbocycles. The average Bonchev–Trinajstić information content (AvgIpc) is 3.38. The number of nitrogens with zero attached hydrogens (tertiary/aromatic N) is 2. The molecule has 3 aliphatic heterocycles. The lowest BCUT2D eigenvalue weighted by Gasteiger charge is -2.39. The Labute approximate surface area is 240 Å². The molecule has 3 aromatic carbocycles. The fourth-order valence-corrected chi connectivity index (χ4v) is 6.79. The highest BCUT2D eigenvalue weighted by molar-refractivity contribution is 6.21. The van der Waals surface area contributed by atoms with Crippen LogP contribution < -0.4 is 5.73 Å². The molecule has 0 spiro atoms. The first-order valence-electron chi connectivity index (χ1n) is 14.0. The fourth-order valence-electron chi connectivity index (χ4n) is 6.79. The van der Waals surface area contributed by atoms with E-state index in [0.717, 1.165) is 18.9 Å². The van der Waals surface area contributed by atoms with Crippen LogP contribution in [0.3, 0.4) is 0 Å². The van der Waals surface area contributed by atoms with Gasteiger partial charge in [-0.1, -0.05) is 24.3 Å². The van der Waals surface area contributed by atoms with Crippen molar-refractivity contribution in [2.24, 2.45) is 11.7 Å². The lowest BCUT2D eigenvalue weighted by Crippen LogP contribution is -2.46. The molecular weight excluding hydrogens is 547 g/mol. The molecular formula is C32H28F3N3O4. The van der Waals surface area contributed by atoms with Crippen molar-refractivity contribution in [1.29, 1.82) is 0 Å². The lowest BCUT2D eigenvalue weighted by atomic mass is 9.85. The number of hydrogen-bond acceptors (Lipinski definition) is 4. The van der Waals surface area contributed by atoms with Crippen LogP contribution in [0.15, 0.2) is 54.6 Å². The zero-order valence-corrected chi connectivity index (χ0v) is 22.6. The van der Waals surface area contributed by atoms with E-state index in [-0.39, 0.29) is 54.3 Å². The maximum atomic E-state index is 14.7. The summed E-state index contributed by atoms with van der Waals surface area (Å²) in [6, 6.07) is 14.4. The van der Waals surface area contributed by atoms with Gasteiger partial charge in [0.1, 0.15) is 11.4 Å². The number of hydrogen-bond donors (Lipinski definition) is 1. The van der Waals surface area contributed by atoms with Gasteiger partial charge in [0, 0.05) is 17.6 Å². The monoisotopic (exact) mass is 575 g/mol. The molecule has 2 fully saturated rings. The molecule has 4 amide bonds. The predicted molar refractivity (Wildman–Crippen MR) is 146 cm³/mol. The molecule has 3 aliphatic rings. The number of nitrogens with two attached hydrogens (primary N) is 1. The molecule has 3 aromatic rings. The maximum absolute atomic E-state index is 14.7. The highest BCUT2D eigenvalue weighted by Crippen LogP contribution is 2.41. The van der Waals surface area contributed by atoms with Crippen LogP contribution in [0.5, 0.6) is 0 Å². The van der Waals surface area contributed by atoms with Crippen molar-refractivity contribution >= 4 is 23.6 Å². The number of carbonyl (C=O) groups is 4. The van der Waals surface area contributed by atoms with Crippen LogP contribution in [0, 0.1) is 23.4 Å². The van der Waals surface area contributed by atoms with Crippen molar-refractivity contribution < 1.29 is 32.3 Å². The van der Waals surface area contributed by atoms with E-state index in [9.17, 15) is 32.3 Å². The molecule has 3 atom stereocenters. The fraction of sp³-hybridized carbons (Fsp3) is 0.312. The predicted octanol–water partition coefficient (Wildman–Crippen LogP) is 5.02. The number of imide groups is 1. The molecule has 42 heavy (non-hydrogen) atoms. The number of amides is 4. The summed E-state index contributed by atoms with van der Waals surface area (Å²) < 4.78 is 42.6. The number of halogens is 3. The summed E-state index contributed by atoms with van der Waals surface area (Å²) in [5.74, 6) is -6.09. The van der Waals surface area contributed by atoms with Gasteiger partial charge in [-0.2, -0.15) is 0 Å². The van der Waals surface area contributed by atoms with Crippen molar-refractivity contribution in [3.05, 3.63) is 105 Å². The van der Waals surface area contributed by atoms with Crippen LogP contribution in [0.1, 0.15) is 84.7 Å². The molecule has 2 N–H and O–H groups in total. The Morgan fingerprint density at radius 1 is 0.857 bits per heavy atom. The van der Waals surface area contributed by atoms with Gasteiger partial charge < -0.3 is 10.6 Å². The molecule has 2 saturated heterocycles. The number of rotatable bonds is 7. The lowest BCUT2D eigenvalue weighted by molar-refractivity contribution is 0.0516. The summed E-state index contributed by atoms with van der Waals surface area (Å²) in [4.78, 5) is 53.8. The van der Waals surface area contributed by atoms with Gasteiger partial charge in [0.25, 0.3) is 23.6 Å². The maximum Gasteiger partial charge on any atom is 0.261 e. The molecule has 3 heterocycles. The Balaban J connectivity index is 1.12. The highest BCUT2D eigenvalue weighted by atomic mass is 19.2. The van der Waals surface area contributed by atoms with Gasteiger partial charge in [-0.15, -0.1) is 0 Å². The zero-order valence-electron chi connectivity index (χ0n) is 22.6. The summed E-state index contributed by atoms with van der Waals surface area (Å²) in [6.45, 7) is 0.0560. The topological polar surface area (TPSA) is 101 Å². The Bertz CT molecular complexity index is 1590. The summed E-state index contributed by atoms with van der Waals surface area (Å²) in [6.07, 6.45) is 3.63. The summed E-state index contributed by atoms with van der Waals surface area (Å²) in [5, 5.41) is 0. The first-order chi connectivity index (χ1) is 20.1. The first-order valence-corrected chi connectivity index (χ1v) is 14.0. The van der Waals surface area contributed by atoms with Crippen molar-refractivity contribution in [3.63, 3.8) is 0 Å². The normalized spacial score (nSPS) is 21.2. The number of piperidine rings is 1. The SMILES string of the molecule is NC(=O)c1c(F)c(F)cc(CCC2C[C@H]3CC[C@@H](C2)N3C(=O)c2cccc(CN3C(=O)c4ccccc4C3=O)c2)c1F. The molecule has 0 radical (unpaired) electrons. The van der Waals surface area contributed by atoms with E-state index in [0.29, 0.717) is 41.5 Å². The van der Waals surface area contributed by atoms with E-state index in [1.54, 1.807) is 48.5 Å². The van der Waals surface area contributed by atoms with E-state index < -0.39 is 28.9 Å². The van der Waals surface area contributed by atoms with E-state index in [4.69, 9.17) is 5.73 Å². The largest absolute Gasteiger partial charge is 0.365 e. The highest BCUT2D eigenvalue weighted by Gasteiger charge is 2.43. The van der Waals surface area contributed by atoms with E-state index in [2.05, 4.69) is 0 Å². The Kier molecular flexibility index (Phi) is 7.08. The standard InChI is InChI=1S/C32H28F3N3O4/c33-25-15-19(27(34)26(28(25)35)29(36)39)9-8-17-13-21-10-11-22(14-17)38(21)30(40)20-5-3-4-18(12-20)16-37-31(41)23-6-1-2-7-24(23)32(37)42/h1-7,12,15,17,21-22H,8-11,13-14,16H2,(H2,36,39)/t17?,21-,22+. The van der Waals surface area contributed by atoms with Crippen molar-refractivity contribution in [3.8, 4) is 0 Å². The van der Waals surface area contributed by atoms with Crippen molar-refractivity contribution in [2.45, 2.75) is 57.2 Å². The minimum absolute atomic E-state index is 0.0166. The molecule has 0 aliphatic carbocycles. The Hall–Kier alpha value is -4.47. The molecule has 0 aromatic heterocycles. The molecule has 2 bridgehead atoms. The molecule has 216 valence electrons. The number of carbonyl (C=O) groups excluding carboxylic acids is 4. The number of primary amides is 1. The molecule has 1 unspecified atom stereocenters. The second-order valence-electron chi connectivity index (χ2n) is 11.3. The van der Waals surface area contributed by atoms with Crippen LogP contribution in [0.2, 0.25) is 0 Å². The van der Waals surface area contributed by atoms with E-state index in [1.807, 2.05) is 4.90 Å². The Morgan fingerprint density at radius 3 is 2.12 bits per heavy atom. The number of aryl methyl sites for hydroxylation is 1. The third kappa shape index (κ3) is 4.74. The third-order valence-corrected chi connectivity index (χ3v) is 8.76. The minimum atomic E-state index is -1.58. The number of fused-ring (bicyclic) bond motifs is 3. The molecule has 10 heteroatoms. The quantitative estimate of drug-likeness (QED) is 0.316. The second kappa shape index (κ2) is 10.7. The van der Waals surface area contributed by atoms with Crippen molar-refractivity contribution in [1.82, 2.24) is 9.80 Å². The van der Waals surface area contributed by atoms with Gasteiger partial charge in [0.15, 0.2) is 11.6 Å². The third-order valence-electron chi connectivity index (χ3n) is 8.76. The van der Waals surface area contributed by atoms with Gasteiger partial charge >= 0.3 is 0 Å². The van der Waals surface area contributed by atoms with Crippen LogP contribution in [0.25, 0.3) is 0 Å². The van der Waals surface area contributed by atoms with Gasteiger partial charge in [0.2, 0.25) is 0 Å². The van der Waals surface area contributed by atoms with Gasteiger partial charge in [-0.3, -0.25) is 24.1 Å². The summed E-state index contributed by atoms with van der Waals surface area (Å²) in [5.41, 5.74) is 5.78. The second-order valence-corrected chi connectivity index (χ2v) is 11.3. The van der Waals surface area contributed by atoms with Gasteiger partial charge in [0.05, 0.1) is 17.7 Å². The molecule has 6 rings (SSSR count). The molecule has 7 nitrogen and oxygen atoms in total. The van der Waals surface area contributed by atoms with Crippen LogP contribution in [-0.2, 0) is 13.0 Å². The summed E-state index contributed by atoms with van der Waals surface area (Å²) >= 11 is 0. The smallest absolute Gasteiger partial charge is 0.261 e. The van der Waals surface area contributed by atoms with E-state index in [1.165, 1.54) is 4.90 Å². The minimum Gasteiger partial charge on any atom is -0.365 e.